The van der Waals surface area contributed by atoms with Crippen LogP contribution < -0.4 is 0 Å². The summed E-state index contributed by atoms with van der Waals surface area (Å²) in [4.78, 5) is 0. The number of hydrogen-bond acceptors (Lipinski definition) is 0. The molecule has 0 amide bonds. The number of hydrogen-bond donors (Lipinski definition) is 0. The molecule has 0 bridgehead atoms. The Bertz CT molecular complexity index is 268. The molecule has 12 heavy (non-hydrogen) atoms. The molecule has 0 spiro atoms. The maximum Gasteiger partial charge on any atom is 0.129 e. The lowest BCUT2D eigenvalue weighted by atomic mass is 10.1. The van der Waals surface area contributed by atoms with Gasteiger partial charge in [0.25, 0.3) is 0 Å². The van der Waals surface area contributed by atoms with Gasteiger partial charge in [-0.05, 0) is 24.1 Å². The Morgan fingerprint density at radius 1 is 1.42 bits per heavy atom. The van der Waals surface area contributed by atoms with Gasteiger partial charge in [0.05, 0.1) is 0 Å². The van der Waals surface area contributed by atoms with Gasteiger partial charge in [-0.15, -0.1) is 0 Å². The Hall–Kier alpha value is -0.533. The van der Waals surface area contributed by atoms with Crippen LogP contribution in [0.25, 0.3) is 6.08 Å². The predicted molar refractivity (Wildman–Crippen MR) is 59.4 cm³/mol. The lowest BCUT2D eigenvalue weighted by Gasteiger charge is -1.97. The molecule has 1 aromatic rings. The van der Waals surface area contributed by atoms with E-state index in [-0.39, 0.29) is 8.83 Å². The molecule has 0 aliphatic rings. The highest BCUT2D eigenvalue weighted by atomic mass is 35.6. The summed E-state index contributed by atoms with van der Waals surface area (Å²) in [5.41, 5.74) is 2.63. The third kappa shape index (κ3) is 2.84. The average molecular weight is 197 g/mol. The van der Waals surface area contributed by atoms with Crippen molar-refractivity contribution in [1.29, 1.82) is 0 Å². The van der Waals surface area contributed by atoms with Crippen molar-refractivity contribution in [3.8, 4) is 0 Å². The number of benzene rings is 1. The van der Waals surface area contributed by atoms with E-state index in [4.69, 9.17) is 11.1 Å². The third-order valence-corrected chi connectivity index (χ3v) is 2.97. The molecule has 0 unspecified atom stereocenters. The van der Waals surface area contributed by atoms with E-state index in [0.29, 0.717) is 0 Å². The Morgan fingerprint density at radius 3 is 2.83 bits per heavy atom. The Kier molecular flexibility index (Phi) is 4.12. The van der Waals surface area contributed by atoms with Gasteiger partial charge in [0.15, 0.2) is 0 Å². The van der Waals surface area contributed by atoms with Gasteiger partial charge < -0.3 is 0 Å². The first-order valence-electron chi connectivity index (χ1n) is 4.12. The van der Waals surface area contributed by atoms with Gasteiger partial charge in [0.2, 0.25) is 0 Å². The second kappa shape index (κ2) is 5.17. The first kappa shape index (κ1) is 9.55. The summed E-state index contributed by atoms with van der Waals surface area (Å²) in [6.07, 6.45) is 4.33. The average Bonchev–Trinajstić information content (AvgIpc) is 2.09. The van der Waals surface area contributed by atoms with E-state index in [0.717, 1.165) is 6.04 Å². The monoisotopic (exact) mass is 196 g/mol. The van der Waals surface area contributed by atoms with E-state index in [1.807, 2.05) is 0 Å². The fraction of sp³-hybridized carbons (Fsp3) is 0.200. The first-order chi connectivity index (χ1) is 5.84. The molecule has 0 atom stereocenters. The Morgan fingerprint density at radius 2 is 2.17 bits per heavy atom. The van der Waals surface area contributed by atoms with Crippen molar-refractivity contribution in [2.24, 2.45) is 0 Å². The summed E-state index contributed by atoms with van der Waals surface area (Å²) in [5, 5.41) is 0. The molecule has 0 N–H and O–H groups in total. The summed E-state index contributed by atoms with van der Waals surface area (Å²) >= 11 is 5.70. The van der Waals surface area contributed by atoms with E-state index in [1.54, 1.807) is 0 Å². The van der Waals surface area contributed by atoms with Crippen molar-refractivity contribution in [3.63, 3.8) is 0 Å². The zero-order valence-corrected chi connectivity index (χ0v) is 9.43. The van der Waals surface area contributed by atoms with E-state index in [2.05, 4.69) is 43.3 Å². The minimum absolute atomic E-state index is 0.329. The molecule has 0 saturated heterocycles. The van der Waals surface area contributed by atoms with Gasteiger partial charge in [-0.1, -0.05) is 36.4 Å². The molecular weight excluding hydrogens is 184 g/mol. The summed E-state index contributed by atoms with van der Waals surface area (Å²) in [6, 6.07) is 9.45. The maximum absolute atomic E-state index is 5.70. The Labute approximate surface area is 80.8 Å². The molecule has 0 heterocycles. The van der Waals surface area contributed by atoms with Gasteiger partial charge in [-0.2, -0.15) is 11.1 Å². The number of rotatable bonds is 3. The number of aryl methyl sites for hydroxylation is 1. The van der Waals surface area contributed by atoms with Crippen LogP contribution in [-0.2, 0) is 0 Å². The molecule has 0 radical (unpaired) electrons. The van der Waals surface area contributed by atoms with E-state index >= 15 is 0 Å². The highest BCUT2D eigenvalue weighted by Gasteiger charge is 1.89. The number of halogens is 1. The van der Waals surface area contributed by atoms with Crippen molar-refractivity contribution in [2.75, 3.05) is 0 Å². The fourth-order valence-electron chi connectivity index (χ4n) is 1.05. The van der Waals surface area contributed by atoms with Crippen LogP contribution in [0.1, 0.15) is 11.1 Å². The van der Waals surface area contributed by atoms with Crippen LogP contribution >= 0.6 is 11.1 Å². The van der Waals surface area contributed by atoms with Crippen LogP contribution in [0.3, 0.4) is 0 Å². The summed E-state index contributed by atoms with van der Waals surface area (Å²) in [6.45, 7) is 2.12. The Balaban J connectivity index is 2.68. The third-order valence-electron chi connectivity index (χ3n) is 1.76. The molecule has 1 aromatic carbocycles. The van der Waals surface area contributed by atoms with Crippen molar-refractivity contribution in [2.45, 2.75) is 13.0 Å². The van der Waals surface area contributed by atoms with Crippen molar-refractivity contribution in [3.05, 3.63) is 41.5 Å². The molecular formula is C10H13ClSi. The van der Waals surface area contributed by atoms with Crippen LogP contribution in [0.5, 0.6) is 0 Å². The summed E-state index contributed by atoms with van der Waals surface area (Å²) in [5.74, 6) is 0. The molecule has 0 saturated carbocycles. The molecule has 0 aromatic heterocycles. The summed E-state index contributed by atoms with van der Waals surface area (Å²) < 4.78 is 0. The number of allylic oxidation sites excluding steroid dienone is 1. The van der Waals surface area contributed by atoms with Crippen molar-refractivity contribution < 1.29 is 0 Å². The largest absolute Gasteiger partial charge is 0.176 e. The van der Waals surface area contributed by atoms with Crippen LogP contribution in [0.4, 0.5) is 0 Å². The molecule has 0 fully saturated rings. The highest BCUT2D eigenvalue weighted by molar-refractivity contribution is 6.93. The molecule has 64 valence electrons. The molecule has 2 heteroatoms. The SMILES string of the molecule is Cc1ccccc1C=CC[SiH2]Cl. The quantitative estimate of drug-likeness (QED) is 0.515. The van der Waals surface area contributed by atoms with Gasteiger partial charge >= 0.3 is 0 Å². The molecule has 0 nitrogen and oxygen atoms in total. The second-order valence-electron chi connectivity index (χ2n) is 2.74. The van der Waals surface area contributed by atoms with Gasteiger partial charge in [0.1, 0.15) is 8.83 Å². The summed E-state index contributed by atoms with van der Waals surface area (Å²) in [7, 11) is -0.329. The zero-order valence-electron chi connectivity index (χ0n) is 7.26. The second-order valence-corrected chi connectivity index (χ2v) is 4.83. The van der Waals surface area contributed by atoms with E-state index in [9.17, 15) is 0 Å². The normalized spacial score (nSPS) is 11.8. The molecule has 0 aliphatic heterocycles. The van der Waals surface area contributed by atoms with Crippen LogP contribution in [0, 0.1) is 6.92 Å². The minimum atomic E-state index is -0.329. The lowest BCUT2D eigenvalue weighted by Crippen LogP contribution is -1.78. The highest BCUT2D eigenvalue weighted by Crippen LogP contribution is 2.09. The van der Waals surface area contributed by atoms with Crippen LogP contribution in [0.15, 0.2) is 30.3 Å². The van der Waals surface area contributed by atoms with E-state index in [1.165, 1.54) is 11.1 Å². The van der Waals surface area contributed by atoms with Gasteiger partial charge in [0, 0.05) is 0 Å². The first-order valence-corrected chi connectivity index (χ1v) is 7.26. The molecule has 1 rings (SSSR count). The standard InChI is InChI=1S/C10H13ClSi/c1-9-5-2-3-6-10(9)7-4-8-12-11/h2-7H,8,12H2,1H3. The molecule has 0 aliphatic carbocycles. The van der Waals surface area contributed by atoms with Gasteiger partial charge in [-0.25, -0.2) is 0 Å². The lowest BCUT2D eigenvalue weighted by molar-refractivity contribution is 1.44. The topological polar surface area (TPSA) is 0 Å². The van der Waals surface area contributed by atoms with Crippen LogP contribution in [-0.4, -0.2) is 8.83 Å². The zero-order chi connectivity index (χ0) is 8.81. The smallest absolute Gasteiger partial charge is 0.129 e. The minimum Gasteiger partial charge on any atom is -0.176 e. The van der Waals surface area contributed by atoms with E-state index < -0.39 is 0 Å². The predicted octanol–water partition coefficient (Wildman–Crippen LogP) is 2.75. The van der Waals surface area contributed by atoms with Gasteiger partial charge in [-0.3, -0.25) is 0 Å². The maximum atomic E-state index is 5.70. The van der Waals surface area contributed by atoms with Crippen molar-refractivity contribution in [1.82, 2.24) is 0 Å². The fourth-order valence-corrected chi connectivity index (χ4v) is 1.72. The van der Waals surface area contributed by atoms with Crippen molar-refractivity contribution >= 4 is 26.0 Å². The van der Waals surface area contributed by atoms with Crippen LogP contribution in [0.2, 0.25) is 6.04 Å².